The molecule has 0 bridgehead atoms. The predicted octanol–water partition coefficient (Wildman–Crippen LogP) is 1.54. The van der Waals surface area contributed by atoms with E-state index in [1.807, 2.05) is 0 Å². The Kier molecular flexibility index (Phi) is 8.76. The van der Waals surface area contributed by atoms with Gasteiger partial charge in [0.1, 0.15) is 0 Å². The molecule has 0 radical (unpaired) electrons. The van der Waals surface area contributed by atoms with Crippen molar-refractivity contribution in [2.75, 3.05) is 6.54 Å². The summed E-state index contributed by atoms with van der Waals surface area (Å²) in [7, 11) is -3.63. The average Bonchev–Trinajstić information content (AvgIpc) is 2.40. The molecule has 0 fully saturated rings. The summed E-state index contributed by atoms with van der Waals surface area (Å²) in [6, 6.07) is 6.64. The second-order valence-electron chi connectivity index (χ2n) is 6.13. The fourth-order valence-electron chi connectivity index (χ4n) is 1.91. The van der Waals surface area contributed by atoms with E-state index >= 15 is 0 Å². The number of carbonyl (C=O) groups is 1. The SMILES string of the molecule is CC(C)(C)NS(=O)(=O)c1ccccc1CNC(=O)CCCN.Cl. The van der Waals surface area contributed by atoms with Crippen molar-refractivity contribution in [3.05, 3.63) is 29.8 Å². The highest BCUT2D eigenvalue weighted by Crippen LogP contribution is 2.17. The number of rotatable bonds is 7. The van der Waals surface area contributed by atoms with Crippen LogP contribution in [0.2, 0.25) is 0 Å². The van der Waals surface area contributed by atoms with Gasteiger partial charge in [0.25, 0.3) is 0 Å². The summed E-state index contributed by atoms with van der Waals surface area (Å²) in [4.78, 5) is 11.8. The van der Waals surface area contributed by atoms with E-state index in [0.717, 1.165) is 0 Å². The number of halogens is 1. The van der Waals surface area contributed by atoms with Crippen LogP contribution in [0.5, 0.6) is 0 Å². The van der Waals surface area contributed by atoms with Crippen LogP contribution >= 0.6 is 12.4 Å². The maximum Gasteiger partial charge on any atom is 0.241 e. The third-order valence-electron chi connectivity index (χ3n) is 2.79. The number of carbonyl (C=O) groups excluding carboxylic acids is 1. The van der Waals surface area contributed by atoms with Crippen molar-refractivity contribution in [3.8, 4) is 0 Å². The van der Waals surface area contributed by atoms with E-state index in [1.54, 1.807) is 39.0 Å². The van der Waals surface area contributed by atoms with Crippen LogP contribution in [0.4, 0.5) is 0 Å². The molecule has 8 heteroatoms. The standard InChI is InChI=1S/C15H25N3O3S.ClH/c1-15(2,3)18-22(20,21)13-8-5-4-7-12(13)11-17-14(19)9-6-10-16;/h4-5,7-8,18H,6,9-11,16H2,1-3H3,(H,17,19);1H. The molecule has 1 amide bonds. The summed E-state index contributed by atoms with van der Waals surface area (Å²) < 4.78 is 27.5. The van der Waals surface area contributed by atoms with Crippen LogP contribution in [0.15, 0.2) is 29.2 Å². The second kappa shape index (κ2) is 9.22. The molecule has 0 saturated carbocycles. The number of benzene rings is 1. The van der Waals surface area contributed by atoms with Crippen molar-refractivity contribution >= 4 is 28.3 Å². The zero-order valence-corrected chi connectivity index (χ0v) is 15.4. The summed E-state index contributed by atoms with van der Waals surface area (Å²) in [6.45, 7) is 5.96. The number of nitrogens with two attached hydrogens (primary N) is 1. The number of sulfonamides is 1. The summed E-state index contributed by atoms with van der Waals surface area (Å²) >= 11 is 0. The monoisotopic (exact) mass is 363 g/mol. The number of amides is 1. The van der Waals surface area contributed by atoms with Gasteiger partial charge in [-0.1, -0.05) is 18.2 Å². The minimum Gasteiger partial charge on any atom is -0.352 e. The maximum atomic E-state index is 12.4. The van der Waals surface area contributed by atoms with Gasteiger partial charge in [0.05, 0.1) is 4.90 Å². The van der Waals surface area contributed by atoms with Gasteiger partial charge in [0.15, 0.2) is 0 Å². The van der Waals surface area contributed by atoms with Gasteiger partial charge in [-0.15, -0.1) is 12.4 Å². The molecule has 6 nitrogen and oxygen atoms in total. The molecule has 23 heavy (non-hydrogen) atoms. The topological polar surface area (TPSA) is 101 Å². The van der Waals surface area contributed by atoms with Gasteiger partial charge in [0.2, 0.25) is 15.9 Å². The Morgan fingerprint density at radius 1 is 1.22 bits per heavy atom. The summed E-state index contributed by atoms with van der Waals surface area (Å²) in [5.41, 5.74) is 5.34. The Hall–Kier alpha value is -1.15. The van der Waals surface area contributed by atoms with Gasteiger partial charge in [-0.2, -0.15) is 0 Å². The molecule has 1 aromatic rings. The number of hydrogen-bond donors (Lipinski definition) is 3. The molecule has 0 saturated heterocycles. The Bertz CT molecular complexity index is 613. The molecule has 132 valence electrons. The summed E-state index contributed by atoms with van der Waals surface area (Å²) in [5, 5.41) is 2.72. The highest BCUT2D eigenvalue weighted by Gasteiger charge is 2.24. The number of hydrogen-bond acceptors (Lipinski definition) is 4. The quantitative estimate of drug-likeness (QED) is 0.683. The van der Waals surface area contributed by atoms with Crippen LogP contribution in [-0.4, -0.2) is 26.4 Å². The first-order chi connectivity index (χ1) is 10.2. The Morgan fingerprint density at radius 2 is 1.83 bits per heavy atom. The lowest BCUT2D eigenvalue weighted by Crippen LogP contribution is -2.41. The molecule has 0 aliphatic heterocycles. The van der Waals surface area contributed by atoms with Crippen LogP contribution in [0.1, 0.15) is 39.2 Å². The van der Waals surface area contributed by atoms with Crippen LogP contribution in [0, 0.1) is 0 Å². The van der Waals surface area contributed by atoms with Gasteiger partial charge in [0, 0.05) is 18.5 Å². The van der Waals surface area contributed by atoms with Crippen molar-refractivity contribution in [1.82, 2.24) is 10.0 Å². The first-order valence-electron chi connectivity index (χ1n) is 7.24. The van der Waals surface area contributed by atoms with E-state index in [9.17, 15) is 13.2 Å². The van der Waals surface area contributed by atoms with E-state index in [1.165, 1.54) is 6.07 Å². The third-order valence-corrected chi connectivity index (χ3v) is 4.65. The van der Waals surface area contributed by atoms with E-state index in [4.69, 9.17) is 5.73 Å². The smallest absolute Gasteiger partial charge is 0.241 e. The summed E-state index contributed by atoms with van der Waals surface area (Å²) in [6.07, 6.45) is 0.947. The van der Waals surface area contributed by atoms with Crippen molar-refractivity contribution in [2.24, 2.45) is 5.73 Å². The molecule has 0 aliphatic rings. The molecule has 0 aromatic heterocycles. The average molecular weight is 364 g/mol. The fraction of sp³-hybridized carbons (Fsp3) is 0.533. The first-order valence-corrected chi connectivity index (χ1v) is 8.73. The van der Waals surface area contributed by atoms with Crippen molar-refractivity contribution in [1.29, 1.82) is 0 Å². The molecule has 0 atom stereocenters. The molecule has 1 rings (SSSR count). The van der Waals surface area contributed by atoms with Gasteiger partial charge < -0.3 is 11.1 Å². The lowest BCUT2D eigenvalue weighted by molar-refractivity contribution is -0.121. The molecule has 1 aromatic carbocycles. The third kappa shape index (κ3) is 7.78. The minimum atomic E-state index is -3.63. The van der Waals surface area contributed by atoms with Crippen molar-refractivity contribution in [3.63, 3.8) is 0 Å². The zero-order chi connectivity index (χ0) is 16.8. The fourth-order valence-corrected chi connectivity index (χ4v) is 3.57. The lowest BCUT2D eigenvalue weighted by atomic mass is 10.1. The van der Waals surface area contributed by atoms with Crippen LogP contribution in [0.3, 0.4) is 0 Å². The van der Waals surface area contributed by atoms with E-state index in [-0.39, 0.29) is 29.8 Å². The number of nitrogens with one attached hydrogen (secondary N) is 2. The van der Waals surface area contributed by atoms with E-state index in [2.05, 4.69) is 10.0 Å². The molecule has 4 N–H and O–H groups in total. The van der Waals surface area contributed by atoms with Crippen molar-refractivity contribution < 1.29 is 13.2 Å². The molecular formula is C15H26ClN3O3S. The highest BCUT2D eigenvalue weighted by molar-refractivity contribution is 7.89. The highest BCUT2D eigenvalue weighted by atomic mass is 35.5. The van der Waals surface area contributed by atoms with Gasteiger partial charge in [-0.3, -0.25) is 4.79 Å². The molecular weight excluding hydrogens is 338 g/mol. The molecule has 0 unspecified atom stereocenters. The maximum absolute atomic E-state index is 12.4. The normalized spacial score (nSPS) is 11.7. The predicted molar refractivity (Wildman–Crippen MR) is 93.9 cm³/mol. The molecule has 0 spiro atoms. The van der Waals surface area contributed by atoms with Gasteiger partial charge in [-0.05, 0) is 45.4 Å². The van der Waals surface area contributed by atoms with E-state index < -0.39 is 15.6 Å². The first kappa shape index (κ1) is 21.9. The second-order valence-corrected chi connectivity index (χ2v) is 7.78. The Morgan fingerprint density at radius 3 is 2.39 bits per heavy atom. The molecule has 0 heterocycles. The molecule has 0 aliphatic carbocycles. The Labute approximate surface area is 144 Å². The van der Waals surface area contributed by atoms with Crippen molar-refractivity contribution in [2.45, 2.75) is 50.6 Å². The van der Waals surface area contributed by atoms with Gasteiger partial charge in [-0.25, -0.2) is 13.1 Å². The van der Waals surface area contributed by atoms with Crippen LogP contribution in [-0.2, 0) is 21.4 Å². The lowest BCUT2D eigenvalue weighted by Gasteiger charge is -2.21. The van der Waals surface area contributed by atoms with Crippen LogP contribution < -0.4 is 15.8 Å². The van der Waals surface area contributed by atoms with Crippen LogP contribution in [0.25, 0.3) is 0 Å². The van der Waals surface area contributed by atoms with Gasteiger partial charge >= 0.3 is 0 Å². The minimum absolute atomic E-state index is 0. The Balaban J connectivity index is 0.00000484. The largest absolute Gasteiger partial charge is 0.352 e. The summed E-state index contributed by atoms with van der Waals surface area (Å²) in [5.74, 6) is -0.138. The zero-order valence-electron chi connectivity index (χ0n) is 13.8. The van der Waals surface area contributed by atoms with E-state index in [0.29, 0.717) is 24.9 Å².